The van der Waals surface area contributed by atoms with Crippen molar-refractivity contribution in [2.75, 3.05) is 12.4 Å². The van der Waals surface area contributed by atoms with Gasteiger partial charge < -0.3 is 10.1 Å². The lowest BCUT2D eigenvalue weighted by molar-refractivity contribution is 0.411. The lowest BCUT2D eigenvalue weighted by Crippen LogP contribution is -2.07. The van der Waals surface area contributed by atoms with Crippen LogP contribution in [0.3, 0.4) is 0 Å². The van der Waals surface area contributed by atoms with Crippen molar-refractivity contribution in [3.8, 4) is 5.75 Å². The number of fused-ring (bicyclic) bond motifs is 1. The molecule has 0 fully saturated rings. The summed E-state index contributed by atoms with van der Waals surface area (Å²) in [6.45, 7) is 2.43. The van der Waals surface area contributed by atoms with E-state index in [0.717, 1.165) is 22.4 Å². The van der Waals surface area contributed by atoms with E-state index >= 15 is 0 Å². The first-order valence-electron chi connectivity index (χ1n) is 6.58. The Morgan fingerprint density at radius 2 is 1.86 bits per heavy atom. The third-order valence-electron chi connectivity index (χ3n) is 3.07. The SMILES string of the molecule is COc1cnc(NCc2nc(C)nc3ccccc23)nc1. The summed E-state index contributed by atoms with van der Waals surface area (Å²) < 4.78 is 5.03. The number of nitrogens with one attached hydrogen (secondary N) is 1. The van der Waals surface area contributed by atoms with Gasteiger partial charge in [-0.05, 0) is 13.0 Å². The summed E-state index contributed by atoms with van der Waals surface area (Å²) in [5, 5.41) is 4.20. The van der Waals surface area contributed by atoms with Gasteiger partial charge in [-0.1, -0.05) is 18.2 Å². The van der Waals surface area contributed by atoms with E-state index in [1.54, 1.807) is 19.5 Å². The molecule has 2 aromatic heterocycles. The van der Waals surface area contributed by atoms with Gasteiger partial charge >= 0.3 is 0 Å². The number of aromatic nitrogens is 4. The van der Waals surface area contributed by atoms with Crippen LogP contribution < -0.4 is 10.1 Å². The number of hydrogen-bond acceptors (Lipinski definition) is 6. The molecule has 3 rings (SSSR count). The zero-order valence-corrected chi connectivity index (χ0v) is 11.9. The van der Waals surface area contributed by atoms with Crippen molar-refractivity contribution in [1.82, 2.24) is 19.9 Å². The van der Waals surface area contributed by atoms with E-state index in [0.29, 0.717) is 18.2 Å². The first-order chi connectivity index (χ1) is 10.3. The average molecular weight is 281 g/mol. The molecule has 0 atom stereocenters. The highest BCUT2D eigenvalue weighted by Crippen LogP contribution is 2.16. The fourth-order valence-electron chi connectivity index (χ4n) is 2.08. The van der Waals surface area contributed by atoms with Gasteiger partial charge in [0.2, 0.25) is 5.95 Å². The quantitative estimate of drug-likeness (QED) is 0.791. The average Bonchev–Trinajstić information content (AvgIpc) is 2.53. The van der Waals surface area contributed by atoms with Crippen molar-refractivity contribution >= 4 is 16.9 Å². The van der Waals surface area contributed by atoms with E-state index in [-0.39, 0.29) is 0 Å². The van der Waals surface area contributed by atoms with Crippen molar-refractivity contribution in [1.29, 1.82) is 0 Å². The maximum Gasteiger partial charge on any atom is 0.223 e. The highest BCUT2D eigenvalue weighted by atomic mass is 16.5. The largest absolute Gasteiger partial charge is 0.494 e. The van der Waals surface area contributed by atoms with Crippen molar-refractivity contribution in [2.24, 2.45) is 0 Å². The number of rotatable bonds is 4. The second-order valence-electron chi connectivity index (χ2n) is 4.53. The lowest BCUT2D eigenvalue weighted by Gasteiger charge is -2.08. The van der Waals surface area contributed by atoms with Gasteiger partial charge in [-0.3, -0.25) is 0 Å². The highest BCUT2D eigenvalue weighted by molar-refractivity contribution is 5.80. The van der Waals surface area contributed by atoms with Crippen LogP contribution in [0.5, 0.6) is 5.75 Å². The van der Waals surface area contributed by atoms with Crippen LogP contribution in [0, 0.1) is 6.92 Å². The maximum absolute atomic E-state index is 5.03. The second kappa shape index (κ2) is 5.70. The summed E-state index contributed by atoms with van der Waals surface area (Å²) in [4.78, 5) is 17.3. The predicted molar refractivity (Wildman–Crippen MR) is 80.2 cm³/mol. The molecule has 0 amide bonds. The lowest BCUT2D eigenvalue weighted by atomic mass is 10.2. The Kier molecular flexibility index (Phi) is 3.59. The molecule has 21 heavy (non-hydrogen) atoms. The first-order valence-corrected chi connectivity index (χ1v) is 6.58. The van der Waals surface area contributed by atoms with Gasteiger partial charge in [0.25, 0.3) is 0 Å². The fourth-order valence-corrected chi connectivity index (χ4v) is 2.08. The van der Waals surface area contributed by atoms with Crippen LogP contribution in [-0.4, -0.2) is 27.0 Å². The Bertz CT molecular complexity index is 758. The summed E-state index contributed by atoms with van der Waals surface area (Å²) in [5.41, 5.74) is 1.87. The molecule has 1 aromatic carbocycles. The zero-order chi connectivity index (χ0) is 14.7. The van der Waals surface area contributed by atoms with Gasteiger partial charge in [0, 0.05) is 5.39 Å². The van der Waals surface area contributed by atoms with Gasteiger partial charge in [0.05, 0.1) is 37.3 Å². The topological polar surface area (TPSA) is 72.8 Å². The van der Waals surface area contributed by atoms with Crippen molar-refractivity contribution in [2.45, 2.75) is 13.5 Å². The predicted octanol–water partition coefficient (Wildman–Crippen LogP) is 2.35. The van der Waals surface area contributed by atoms with Crippen LogP contribution in [-0.2, 0) is 6.54 Å². The molecule has 6 nitrogen and oxygen atoms in total. The summed E-state index contributed by atoms with van der Waals surface area (Å²) in [6.07, 6.45) is 3.25. The van der Waals surface area contributed by atoms with Crippen LogP contribution in [0.2, 0.25) is 0 Å². The molecule has 0 aliphatic heterocycles. The van der Waals surface area contributed by atoms with E-state index in [2.05, 4.69) is 25.3 Å². The minimum atomic E-state index is 0.538. The molecule has 3 aromatic rings. The zero-order valence-electron chi connectivity index (χ0n) is 11.9. The van der Waals surface area contributed by atoms with Crippen molar-refractivity contribution in [3.05, 3.63) is 48.2 Å². The summed E-state index contributed by atoms with van der Waals surface area (Å²) in [7, 11) is 1.58. The highest BCUT2D eigenvalue weighted by Gasteiger charge is 2.06. The Hall–Kier alpha value is -2.76. The Labute approximate surface area is 122 Å². The Morgan fingerprint density at radius 1 is 1.10 bits per heavy atom. The molecule has 0 radical (unpaired) electrons. The second-order valence-corrected chi connectivity index (χ2v) is 4.53. The number of aryl methyl sites for hydroxylation is 1. The fraction of sp³-hybridized carbons (Fsp3) is 0.200. The molecule has 2 heterocycles. The molecule has 0 saturated heterocycles. The number of benzene rings is 1. The van der Waals surface area contributed by atoms with E-state index in [9.17, 15) is 0 Å². The molecule has 0 unspecified atom stereocenters. The summed E-state index contributed by atoms with van der Waals surface area (Å²) in [6, 6.07) is 7.95. The number of methoxy groups -OCH3 is 1. The van der Waals surface area contributed by atoms with Gasteiger partial charge in [-0.25, -0.2) is 19.9 Å². The van der Waals surface area contributed by atoms with Crippen LogP contribution in [0.4, 0.5) is 5.95 Å². The minimum Gasteiger partial charge on any atom is -0.494 e. The number of nitrogens with zero attached hydrogens (tertiary/aromatic N) is 4. The summed E-state index contributed by atoms with van der Waals surface area (Å²) >= 11 is 0. The maximum atomic E-state index is 5.03. The molecule has 0 bridgehead atoms. The normalized spacial score (nSPS) is 10.6. The van der Waals surface area contributed by atoms with E-state index < -0.39 is 0 Å². The van der Waals surface area contributed by atoms with Crippen molar-refractivity contribution < 1.29 is 4.74 Å². The monoisotopic (exact) mass is 281 g/mol. The molecule has 0 aliphatic carbocycles. The number of hydrogen-bond donors (Lipinski definition) is 1. The molecular weight excluding hydrogens is 266 g/mol. The third kappa shape index (κ3) is 2.89. The third-order valence-corrected chi connectivity index (χ3v) is 3.07. The molecule has 0 spiro atoms. The van der Waals surface area contributed by atoms with Gasteiger partial charge in [0.15, 0.2) is 5.75 Å². The van der Waals surface area contributed by atoms with E-state index in [1.807, 2.05) is 31.2 Å². The number of para-hydroxylation sites is 1. The Morgan fingerprint density at radius 3 is 2.62 bits per heavy atom. The van der Waals surface area contributed by atoms with Crippen LogP contribution in [0.25, 0.3) is 10.9 Å². The smallest absolute Gasteiger partial charge is 0.223 e. The standard InChI is InChI=1S/C15H15N5O/c1-10-19-13-6-4-3-5-12(13)14(20-10)9-18-15-16-7-11(21-2)8-17-15/h3-8H,9H2,1-2H3,(H,16,17,18). The first kappa shape index (κ1) is 13.2. The summed E-state index contributed by atoms with van der Waals surface area (Å²) in [5.74, 6) is 1.92. The number of ether oxygens (including phenoxy) is 1. The molecule has 0 saturated carbocycles. The van der Waals surface area contributed by atoms with Gasteiger partial charge in [-0.2, -0.15) is 0 Å². The molecule has 1 N–H and O–H groups in total. The van der Waals surface area contributed by atoms with Gasteiger partial charge in [-0.15, -0.1) is 0 Å². The van der Waals surface area contributed by atoms with Crippen LogP contribution >= 0.6 is 0 Å². The molecular formula is C15H15N5O. The Balaban J connectivity index is 1.84. The number of anilines is 1. The molecule has 0 aliphatic rings. The minimum absolute atomic E-state index is 0.538. The van der Waals surface area contributed by atoms with Crippen molar-refractivity contribution in [3.63, 3.8) is 0 Å². The molecule has 6 heteroatoms. The van der Waals surface area contributed by atoms with Crippen LogP contribution in [0.15, 0.2) is 36.7 Å². The van der Waals surface area contributed by atoms with Gasteiger partial charge in [0.1, 0.15) is 5.82 Å². The van der Waals surface area contributed by atoms with Crippen LogP contribution in [0.1, 0.15) is 11.5 Å². The molecule has 106 valence electrons. The van der Waals surface area contributed by atoms with E-state index in [4.69, 9.17) is 4.74 Å². The van der Waals surface area contributed by atoms with E-state index in [1.165, 1.54) is 0 Å².